The number of amides is 1. The maximum absolute atomic E-state index is 12.5. The van der Waals surface area contributed by atoms with E-state index in [0.717, 1.165) is 63.1 Å². The monoisotopic (exact) mass is 400 g/mol. The number of piperidine rings is 1. The Morgan fingerprint density at radius 2 is 1.77 bits per heavy atom. The van der Waals surface area contributed by atoms with Gasteiger partial charge in [-0.05, 0) is 55.0 Å². The molecule has 0 saturated carbocycles. The van der Waals surface area contributed by atoms with Crippen LogP contribution in [0.15, 0.2) is 60.8 Å². The van der Waals surface area contributed by atoms with Gasteiger partial charge in [0.2, 0.25) is 0 Å². The molecule has 0 unspecified atom stereocenters. The Morgan fingerprint density at radius 1 is 1.00 bits per heavy atom. The van der Waals surface area contributed by atoms with Gasteiger partial charge in [0, 0.05) is 36.8 Å². The fourth-order valence-corrected chi connectivity index (χ4v) is 4.72. The SMILES string of the molecule is O=C([C@H]1CCCO1)N1CCC(Cc2ccc(-c3cc4ccccc4cn3)cc2)CC1. The number of hydrogen-bond donors (Lipinski definition) is 0. The number of hydrogen-bond acceptors (Lipinski definition) is 3. The Morgan fingerprint density at radius 3 is 2.50 bits per heavy atom. The molecule has 1 amide bonds. The fourth-order valence-electron chi connectivity index (χ4n) is 4.72. The first-order valence-corrected chi connectivity index (χ1v) is 11.1. The highest BCUT2D eigenvalue weighted by molar-refractivity contribution is 5.85. The highest BCUT2D eigenvalue weighted by Gasteiger charge is 2.30. The molecular weight excluding hydrogens is 372 g/mol. The van der Waals surface area contributed by atoms with E-state index >= 15 is 0 Å². The molecule has 5 rings (SSSR count). The van der Waals surface area contributed by atoms with E-state index in [1.54, 1.807) is 0 Å². The number of nitrogens with zero attached hydrogens (tertiary/aromatic N) is 2. The van der Waals surface area contributed by atoms with E-state index in [0.29, 0.717) is 5.92 Å². The van der Waals surface area contributed by atoms with Crippen molar-refractivity contribution < 1.29 is 9.53 Å². The van der Waals surface area contributed by atoms with Crippen LogP contribution in [0.5, 0.6) is 0 Å². The van der Waals surface area contributed by atoms with Crippen LogP contribution in [0.3, 0.4) is 0 Å². The number of pyridine rings is 1. The normalized spacial score (nSPS) is 20.0. The molecule has 2 fully saturated rings. The lowest BCUT2D eigenvalue weighted by Gasteiger charge is -2.33. The first-order valence-electron chi connectivity index (χ1n) is 11.1. The third-order valence-corrected chi connectivity index (χ3v) is 6.54. The number of carbonyl (C=O) groups excluding carboxylic acids is 1. The first kappa shape index (κ1) is 19.3. The number of likely N-dealkylation sites (tertiary alicyclic amines) is 1. The lowest BCUT2D eigenvalue weighted by atomic mass is 9.89. The summed E-state index contributed by atoms with van der Waals surface area (Å²) in [7, 11) is 0. The summed E-state index contributed by atoms with van der Waals surface area (Å²) >= 11 is 0. The van der Waals surface area contributed by atoms with Gasteiger partial charge in [-0.3, -0.25) is 9.78 Å². The van der Waals surface area contributed by atoms with Crippen LogP contribution in [0.4, 0.5) is 0 Å². The Bertz CT molecular complexity index is 1020. The molecule has 3 heterocycles. The molecule has 2 aliphatic heterocycles. The van der Waals surface area contributed by atoms with Crippen molar-refractivity contribution in [2.24, 2.45) is 5.92 Å². The van der Waals surface area contributed by atoms with Gasteiger partial charge in [-0.25, -0.2) is 0 Å². The van der Waals surface area contributed by atoms with Crippen LogP contribution in [0, 0.1) is 5.92 Å². The van der Waals surface area contributed by atoms with Crippen molar-refractivity contribution in [1.82, 2.24) is 9.88 Å². The average molecular weight is 401 g/mol. The second kappa shape index (κ2) is 8.57. The third kappa shape index (κ3) is 4.10. The highest BCUT2D eigenvalue weighted by atomic mass is 16.5. The zero-order valence-electron chi connectivity index (χ0n) is 17.3. The average Bonchev–Trinajstić information content (AvgIpc) is 3.34. The molecular formula is C26H28N2O2. The number of aromatic nitrogens is 1. The summed E-state index contributed by atoms with van der Waals surface area (Å²) in [5.41, 5.74) is 3.53. The minimum atomic E-state index is -0.183. The summed E-state index contributed by atoms with van der Waals surface area (Å²) in [5, 5.41) is 2.39. The minimum Gasteiger partial charge on any atom is -0.368 e. The molecule has 30 heavy (non-hydrogen) atoms. The smallest absolute Gasteiger partial charge is 0.251 e. The molecule has 2 aromatic carbocycles. The molecule has 0 aliphatic carbocycles. The molecule has 2 aliphatic rings. The lowest BCUT2D eigenvalue weighted by Crippen LogP contribution is -2.44. The highest BCUT2D eigenvalue weighted by Crippen LogP contribution is 2.26. The molecule has 2 saturated heterocycles. The van der Waals surface area contributed by atoms with E-state index in [-0.39, 0.29) is 12.0 Å². The molecule has 1 aromatic heterocycles. The molecule has 3 aromatic rings. The van der Waals surface area contributed by atoms with E-state index in [1.807, 2.05) is 17.2 Å². The maximum atomic E-state index is 12.5. The fraction of sp³-hybridized carbons (Fsp3) is 0.385. The quantitative estimate of drug-likeness (QED) is 0.628. The first-order chi connectivity index (χ1) is 14.8. The summed E-state index contributed by atoms with van der Waals surface area (Å²) in [5.74, 6) is 0.848. The summed E-state index contributed by atoms with van der Waals surface area (Å²) in [6.45, 7) is 2.46. The molecule has 0 bridgehead atoms. The number of carbonyl (C=O) groups is 1. The molecule has 0 N–H and O–H groups in total. The molecule has 0 radical (unpaired) electrons. The second-order valence-corrected chi connectivity index (χ2v) is 8.59. The van der Waals surface area contributed by atoms with Crippen molar-refractivity contribution in [3.05, 3.63) is 66.4 Å². The van der Waals surface area contributed by atoms with Gasteiger partial charge in [0.15, 0.2) is 0 Å². The van der Waals surface area contributed by atoms with E-state index in [9.17, 15) is 4.79 Å². The summed E-state index contributed by atoms with van der Waals surface area (Å²) in [6.07, 6.45) is 6.89. The van der Waals surface area contributed by atoms with Crippen molar-refractivity contribution in [2.45, 2.75) is 38.2 Å². The molecule has 1 atom stereocenters. The number of rotatable bonds is 4. The summed E-state index contributed by atoms with van der Waals surface area (Å²) in [4.78, 5) is 19.2. The Hall–Kier alpha value is -2.72. The molecule has 4 nitrogen and oxygen atoms in total. The van der Waals surface area contributed by atoms with Crippen LogP contribution in [-0.2, 0) is 16.0 Å². The van der Waals surface area contributed by atoms with Gasteiger partial charge in [0.05, 0.1) is 5.69 Å². The van der Waals surface area contributed by atoms with Crippen LogP contribution in [0.1, 0.15) is 31.2 Å². The Balaban J connectivity index is 1.19. The Labute approximate surface area is 177 Å². The van der Waals surface area contributed by atoms with Gasteiger partial charge in [-0.2, -0.15) is 0 Å². The topological polar surface area (TPSA) is 42.4 Å². The van der Waals surface area contributed by atoms with E-state index in [1.165, 1.54) is 16.3 Å². The summed E-state index contributed by atoms with van der Waals surface area (Å²) in [6, 6.07) is 19.3. The number of benzene rings is 2. The number of ether oxygens (including phenoxy) is 1. The molecule has 154 valence electrons. The standard InChI is InChI=1S/C26H28N2O2/c29-26(25-6-3-15-30-25)28-13-11-20(12-14-28)16-19-7-9-21(10-8-19)24-17-22-4-1-2-5-23(22)18-27-24/h1-2,4-5,7-10,17-18,20,25H,3,6,11-16H2/t25-/m1/s1. The van der Waals surface area contributed by atoms with Gasteiger partial charge in [-0.1, -0.05) is 48.5 Å². The predicted molar refractivity (Wildman–Crippen MR) is 119 cm³/mol. The number of fused-ring (bicyclic) bond motifs is 1. The Kier molecular flexibility index (Phi) is 5.50. The molecule has 4 heteroatoms. The largest absolute Gasteiger partial charge is 0.368 e. The lowest BCUT2D eigenvalue weighted by molar-refractivity contribution is -0.142. The van der Waals surface area contributed by atoms with Crippen molar-refractivity contribution in [1.29, 1.82) is 0 Å². The van der Waals surface area contributed by atoms with Gasteiger partial charge in [-0.15, -0.1) is 0 Å². The summed E-state index contributed by atoms with van der Waals surface area (Å²) < 4.78 is 5.57. The third-order valence-electron chi connectivity index (χ3n) is 6.54. The zero-order chi connectivity index (χ0) is 20.3. The predicted octanol–water partition coefficient (Wildman–Crippen LogP) is 4.86. The van der Waals surface area contributed by atoms with Crippen LogP contribution >= 0.6 is 0 Å². The van der Waals surface area contributed by atoms with Crippen molar-refractivity contribution in [3.63, 3.8) is 0 Å². The maximum Gasteiger partial charge on any atom is 0.251 e. The van der Waals surface area contributed by atoms with Gasteiger partial charge >= 0.3 is 0 Å². The zero-order valence-corrected chi connectivity index (χ0v) is 17.3. The van der Waals surface area contributed by atoms with Gasteiger partial charge in [0.1, 0.15) is 6.10 Å². The van der Waals surface area contributed by atoms with Crippen molar-refractivity contribution in [3.8, 4) is 11.3 Å². The van der Waals surface area contributed by atoms with E-state index in [2.05, 4.69) is 53.5 Å². The van der Waals surface area contributed by atoms with E-state index < -0.39 is 0 Å². The van der Waals surface area contributed by atoms with Crippen LogP contribution in [0.2, 0.25) is 0 Å². The van der Waals surface area contributed by atoms with Gasteiger partial charge < -0.3 is 9.64 Å². The van der Waals surface area contributed by atoms with Gasteiger partial charge in [0.25, 0.3) is 5.91 Å². The van der Waals surface area contributed by atoms with Crippen molar-refractivity contribution in [2.75, 3.05) is 19.7 Å². The van der Waals surface area contributed by atoms with Crippen LogP contribution in [0.25, 0.3) is 22.0 Å². The van der Waals surface area contributed by atoms with Crippen LogP contribution in [-0.4, -0.2) is 41.6 Å². The molecule has 0 spiro atoms. The second-order valence-electron chi connectivity index (χ2n) is 8.59. The van der Waals surface area contributed by atoms with Crippen molar-refractivity contribution >= 4 is 16.7 Å². The van der Waals surface area contributed by atoms with E-state index in [4.69, 9.17) is 4.74 Å². The minimum absolute atomic E-state index is 0.183. The van der Waals surface area contributed by atoms with Crippen LogP contribution < -0.4 is 0 Å².